The van der Waals surface area contributed by atoms with Crippen molar-refractivity contribution in [2.75, 3.05) is 16.6 Å². The standard InChI is InChI=1S/C24H25BrN2O4S/c1-4-18-14-19(25)12-17(3)24(18)26-23(28)15-31-22-11-10-21(13-16(22)2)32(29,30)27-20-8-6-5-7-9-20/h5-14,27H,4,15H2,1-3H3,(H,26,28). The summed E-state index contributed by atoms with van der Waals surface area (Å²) in [5, 5.41) is 2.92. The van der Waals surface area contributed by atoms with Gasteiger partial charge < -0.3 is 10.1 Å². The van der Waals surface area contributed by atoms with E-state index in [9.17, 15) is 13.2 Å². The monoisotopic (exact) mass is 516 g/mol. The molecule has 0 saturated heterocycles. The zero-order valence-electron chi connectivity index (χ0n) is 18.1. The Bertz CT molecular complexity index is 1230. The molecule has 168 valence electrons. The van der Waals surface area contributed by atoms with E-state index < -0.39 is 10.0 Å². The highest BCUT2D eigenvalue weighted by atomic mass is 79.9. The highest BCUT2D eigenvalue weighted by Gasteiger charge is 2.16. The number of hydrogen-bond donors (Lipinski definition) is 2. The van der Waals surface area contributed by atoms with Crippen molar-refractivity contribution in [2.24, 2.45) is 0 Å². The quantitative estimate of drug-likeness (QED) is 0.417. The van der Waals surface area contributed by atoms with Gasteiger partial charge in [0, 0.05) is 15.8 Å². The predicted molar refractivity (Wildman–Crippen MR) is 131 cm³/mol. The molecule has 0 aliphatic heterocycles. The topological polar surface area (TPSA) is 84.5 Å². The molecule has 8 heteroatoms. The van der Waals surface area contributed by atoms with Gasteiger partial charge in [-0.15, -0.1) is 0 Å². The van der Waals surface area contributed by atoms with Crippen LogP contribution in [0, 0.1) is 13.8 Å². The molecule has 32 heavy (non-hydrogen) atoms. The summed E-state index contributed by atoms with van der Waals surface area (Å²) in [4.78, 5) is 12.6. The van der Waals surface area contributed by atoms with Crippen LogP contribution in [0.2, 0.25) is 0 Å². The van der Waals surface area contributed by atoms with Crippen LogP contribution in [-0.4, -0.2) is 20.9 Å². The Morgan fingerprint density at radius 1 is 1.00 bits per heavy atom. The van der Waals surface area contributed by atoms with Crippen molar-refractivity contribution >= 4 is 43.2 Å². The average molecular weight is 517 g/mol. The van der Waals surface area contributed by atoms with Crippen LogP contribution in [0.25, 0.3) is 0 Å². The lowest BCUT2D eigenvalue weighted by atomic mass is 10.1. The van der Waals surface area contributed by atoms with Crippen LogP contribution in [0.3, 0.4) is 0 Å². The molecule has 0 heterocycles. The van der Waals surface area contributed by atoms with Gasteiger partial charge in [-0.05, 0) is 79.4 Å². The second-order valence-electron chi connectivity index (χ2n) is 7.35. The Morgan fingerprint density at radius 2 is 1.72 bits per heavy atom. The number of amides is 1. The fraction of sp³-hybridized carbons (Fsp3) is 0.208. The van der Waals surface area contributed by atoms with Gasteiger partial charge in [0.2, 0.25) is 0 Å². The van der Waals surface area contributed by atoms with Crippen LogP contribution < -0.4 is 14.8 Å². The summed E-state index contributed by atoms with van der Waals surface area (Å²) in [6.45, 7) is 5.52. The van der Waals surface area contributed by atoms with Crippen LogP contribution in [-0.2, 0) is 21.2 Å². The number of benzene rings is 3. The van der Waals surface area contributed by atoms with Crippen molar-refractivity contribution < 1.29 is 17.9 Å². The fourth-order valence-electron chi connectivity index (χ4n) is 3.26. The number of anilines is 2. The summed E-state index contributed by atoms with van der Waals surface area (Å²) in [6.07, 6.45) is 0.781. The van der Waals surface area contributed by atoms with E-state index in [0.717, 1.165) is 27.7 Å². The summed E-state index contributed by atoms with van der Waals surface area (Å²) >= 11 is 3.48. The number of nitrogens with one attached hydrogen (secondary N) is 2. The van der Waals surface area contributed by atoms with E-state index in [0.29, 0.717) is 17.0 Å². The van der Waals surface area contributed by atoms with E-state index in [4.69, 9.17) is 4.74 Å². The molecule has 0 saturated carbocycles. The van der Waals surface area contributed by atoms with Gasteiger partial charge >= 0.3 is 0 Å². The predicted octanol–water partition coefficient (Wildman–Crippen LogP) is 5.45. The lowest BCUT2D eigenvalue weighted by molar-refractivity contribution is -0.118. The van der Waals surface area contributed by atoms with Gasteiger partial charge in [0.1, 0.15) is 5.75 Å². The van der Waals surface area contributed by atoms with Crippen molar-refractivity contribution in [1.29, 1.82) is 0 Å². The molecule has 1 amide bonds. The van der Waals surface area contributed by atoms with E-state index in [1.165, 1.54) is 12.1 Å². The normalized spacial score (nSPS) is 11.1. The molecule has 3 aromatic carbocycles. The minimum Gasteiger partial charge on any atom is -0.483 e. The third-order valence-corrected chi connectivity index (χ3v) is 6.71. The van der Waals surface area contributed by atoms with E-state index in [1.807, 2.05) is 32.0 Å². The van der Waals surface area contributed by atoms with Gasteiger partial charge in [0.05, 0.1) is 4.90 Å². The number of carbonyl (C=O) groups is 1. The summed E-state index contributed by atoms with van der Waals surface area (Å²) in [7, 11) is -3.73. The van der Waals surface area contributed by atoms with Crippen molar-refractivity contribution in [2.45, 2.75) is 32.1 Å². The molecule has 0 aliphatic rings. The maximum absolute atomic E-state index is 12.6. The molecule has 3 aromatic rings. The minimum absolute atomic E-state index is 0.119. The van der Waals surface area contributed by atoms with Gasteiger partial charge in [-0.1, -0.05) is 41.1 Å². The van der Waals surface area contributed by atoms with Gasteiger partial charge in [-0.25, -0.2) is 8.42 Å². The number of rotatable bonds is 8. The van der Waals surface area contributed by atoms with Crippen molar-refractivity contribution in [3.8, 4) is 5.75 Å². The molecule has 0 atom stereocenters. The van der Waals surface area contributed by atoms with Crippen molar-refractivity contribution in [1.82, 2.24) is 0 Å². The number of halogens is 1. The molecule has 0 unspecified atom stereocenters. The first-order valence-corrected chi connectivity index (χ1v) is 12.4. The second-order valence-corrected chi connectivity index (χ2v) is 9.94. The van der Waals surface area contributed by atoms with Gasteiger partial charge in [-0.2, -0.15) is 0 Å². The molecule has 3 rings (SSSR count). The van der Waals surface area contributed by atoms with Crippen molar-refractivity contribution in [3.05, 3.63) is 81.8 Å². The maximum atomic E-state index is 12.6. The summed E-state index contributed by atoms with van der Waals surface area (Å²) in [5.41, 5.74) is 3.87. The number of ether oxygens (including phenoxy) is 1. The van der Waals surface area contributed by atoms with Crippen LogP contribution >= 0.6 is 15.9 Å². The molecule has 0 spiro atoms. The van der Waals surface area contributed by atoms with Crippen molar-refractivity contribution in [3.63, 3.8) is 0 Å². The second kappa shape index (κ2) is 10.2. The number of para-hydroxylation sites is 1. The first kappa shape index (κ1) is 23.8. The van der Waals surface area contributed by atoms with E-state index in [-0.39, 0.29) is 17.4 Å². The lowest BCUT2D eigenvalue weighted by Crippen LogP contribution is -2.22. The lowest BCUT2D eigenvalue weighted by Gasteiger charge is -2.15. The Hall–Kier alpha value is -2.84. The zero-order valence-corrected chi connectivity index (χ0v) is 20.5. The fourth-order valence-corrected chi connectivity index (χ4v) is 5.02. The molecule has 0 bridgehead atoms. The maximum Gasteiger partial charge on any atom is 0.262 e. The van der Waals surface area contributed by atoms with E-state index in [2.05, 4.69) is 26.0 Å². The van der Waals surface area contributed by atoms with Gasteiger partial charge in [0.25, 0.3) is 15.9 Å². The highest BCUT2D eigenvalue weighted by molar-refractivity contribution is 9.10. The molecule has 0 fully saturated rings. The Morgan fingerprint density at radius 3 is 2.38 bits per heavy atom. The number of sulfonamides is 1. The van der Waals surface area contributed by atoms with Gasteiger partial charge in [-0.3, -0.25) is 9.52 Å². The Kier molecular flexibility index (Phi) is 7.58. The molecule has 0 aromatic heterocycles. The minimum atomic E-state index is -3.73. The average Bonchev–Trinajstić information content (AvgIpc) is 2.74. The molecule has 6 nitrogen and oxygen atoms in total. The van der Waals surface area contributed by atoms with E-state index >= 15 is 0 Å². The molecule has 0 radical (unpaired) electrons. The first-order valence-electron chi connectivity index (χ1n) is 10.1. The number of hydrogen-bond acceptors (Lipinski definition) is 4. The largest absolute Gasteiger partial charge is 0.483 e. The van der Waals surface area contributed by atoms with Gasteiger partial charge in [0.15, 0.2) is 6.61 Å². The molecule has 2 N–H and O–H groups in total. The Balaban J connectivity index is 1.67. The smallest absolute Gasteiger partial charge is 0.262 e. The third-order valence-electron chi connectivity index (χ3n) is 4.87. The van der Waals surface area contributed by atoms with E-state index in [1.54, 1.807) is 37.3 Å². The molecular formula is C24H25BrN2O4S. The molecular weight excluding hydrogens is 492 g/mol. The Labute approximate surface area is 197 Å². The third kappa shape index (κ3) is 5.89. The summed E-state index contributed by atoms with van der Waals surface area (Å²) in [5.74, 6) is 0.161. The number of carbonyl (C=O) groups excluding carboxylic acids is 1. The summed E-state index contributed by atoms with van der Waals surface area (Å²) < 4.78 is 34.4. The first-order chi connectivity index (χ1) is 15.2. The SMILES string of the molecule is CCc1cc(Br)cc(C)c1NC(=O)COc1ccc(S(=O)(=O)Nc2ccccc2)cc1C. The van der Waals surface area contributed by atoms with Crippen LogP contribution in [0.15, 0.2) is 70.0 Å². The summed E-state index contributed by atoms with van der Waals surface area (Å²) in [6, 6.07) is 17.1. The van der Waals surface area contributed by atoms with Crippen LogP contribution in [0.5, 0.6) is 5.75 Å². The zero-order chi connectivity index (χ0) is 23.3. The molecule has 0 aliphatic carbocycles. The van der Waals surface area contributed by atoms with Crippen LogP contribution in [0.1, 0.15) is 23.6 Å². The highest BCUT2D eigenvalue weighted by Crippen LogP contribution is 2.27. The number of aryl methyl sites for hydroxylation is 3. The van der Waals surface area contributed by atoms with Crippen LogP contribution in [0.4, 0.5) is 11.4 Å².